The van der Waals surface area contributed by atoms with E-state index in [-0.39, 0.29) is 31.5 Å². The first-order valence-electron chi connectivity index (χ1n) is 11.3. The van der Waals surface area contributed by atoms with E-state index in [1.165, 1.54) is 10.7 Å². The highest BCUT2D eigenvalue weighted by atomic mass is 19.4. The number of carbonyl (C=O) groups is 2. The van der Waals surface area contributed by atoms with E-state index in [0.717, 1.165) is 30.5 Å². The first-order valence-corrected chi connectivity index (χ1v) is 11.3. The maximum Gasteiger partial charge on any atom is 0.416 e. The predicted molar refractivity (Wildman–Crippen MR) is 123 cm³/mol. The fraction of sp³-hybridized carbons (Fsp3) is 0.346. The topological polar surface area (TPSA) is 75.4 Å². The van der Waals surface area contributed by atoms with Crippen LogP contribution in [0.1, 0.15) is 40.9 Å². The highest BCUT2D eigenvalue weighted by molar-refractivity contribution is 5.81. The number of alkyl halides is 3. The van der Waals surface area contributed by atoms with Crippen LogP contribution in [-0.2, 0) is 35.4 Å². The van der Waals surface area contributed by atoms with Crippen LogP contribution < -0.4 is 0 Å². The number of aromatic nitrogens is 2. The number of amides is 1. The zero-order valence-corrected chi connectivity index (χ0v) is 19.5. The molecule has 3 aromatic rings. The van der Waals surface area contributed by atoms with Gasteiger partial charge in [-0.1, -0.05) is 36.4 Å². The standard InChI is InChI=1S/C26H26F3N3O3/c1-16-24(17(2)32(30-16)15-23(33)34)22-11-10-21(26(27,28)29)12-20(22)14-31(25(35)19-8-9-19)13-18-6-4-3-5-7-18/h3-7,10-12,19H,8-9,13-15H2,1-2H3,(H,33,34). The lowest BCUT2D eigenvalue weighted by molar-refractivity contribution is -0.138. The molecule has 1 N–H and O–H groups in total. The van der Waals surface area contributed by atoms with Crippen molar-refractivity contribution in [2.45, 2.75) is 52.5 Å². The van der Waals surface area contributed by atoms with Crippen LogP contribution in [0.25, 0.3) is 11.1 Å². The molecule has 0 aliphatic heterocycles. The normalized spacial score (nSPS) is 13.6. The van der Waals surface area contributed by atoms with Crippen molar-refractivity contribution in [2.24, 2.45) is 5.92 Å². The minimum absolute atomic E-state index is 0.00747. The molecular weight excluding hydrogens is 459 g/mol. The molecule has 1 amide bonds. The van der Waals surface area contributed by atoms with Gasteiger partial charge in [0.15, 0.2) is 0 Å². The van der Waals surface area contributed by atoms with Gasteiger partial charge in [-0.3, -0.25) is 14.3 Å². The number of hydrogen-bond donors (Lipinski definition) is 1. The van der Waals surface area contributed by atoms with Crippen molar-refractivity contribution < 1.29 is 27.9 Å². The number of rotatable bonds is 8. The largest absolute Gasteiger partial charge is 0.480 e. The van der Waals surface area contributed by atoms with E-state index in [1.807, 2.05) is 30.3 Å². The third-order valence-corrected chi connectivity index (χ3v) is 6.18. The second-order valence-corrected chi connectivity index (χ2v) is 8.92. The van der Waals surface area contributed by atoms with Gasteiger partial charge >= 0.3 is 12.1 Å². The number of carbonyl (C=O) groups excluding carboxylic acids is 1. The second kappa shape index (κ2) is 9.56. The minimum Gasteiger partial charge on any atom is -0.480 e. The van der Waals surface area contributed by atoms with Crippen LogP contribution in [0.4, 0.5) is 13.2 Å². The van der Waals surface area contributed by atoms with E-state index in [9.17, 15) is 27.9 Å². The molecule has 1 aliphatic carbocycles. The molecule has 9 heteroatoms. The first kappa shape index (κ1) is 24.5. The number of aryl methyl sites for hydroxylation is 1. The molecule has 1 heterocycles. The van der Waals surface area contributed by atoms with Gasteiger partial charge in [-0.25, -0.2) is 0 Å². The smallest absolute Gasteiger partial charge is 0.416 e. The summed E-state index contributed by atoms with van der Waals surface area (Å²) in [5.74, 6) is -1.25. The monoisotopic (exact) mass is 485 g/mol. The molecule has 1 saturated carbocycles. The maximum atomic E-state index is 13.6. The molecule has 0 radical (unpaired) electrons. The Morgan fingerprint density at radius 1 is 1.09 bits per heavy atom. The van der Waals surface area contributed by atoms with Crippen LogP contribution in [0.3, 0.4) is 0 Å². The van der Waals surface area contributed by atoms with Gasteiger partial charge in [0.2, 0.25) is 5.91 Å². The van der Waals surface area contributed by atoms with Gasteiger partial charge in [0, 0.05) is 30.3 Å². The van der Waals surface area contributed by atoms with Crippen molar-refractivity contribution in [2.75, 3.05) is 0 Å². The summed E-state index contributed by atoms with van der Waals surface area (Å²) in [5.41, 5.74) is 2.55. The van der Waals surface area contributed by atoms with Crippen molar-refractivity contribution in [1.29, 1.82) is 0 Å². The molecule has 0 spiro atoms. The van der Waals surface area contributed by atoms with E-state index < -0.39 is 17.7 Å². The molecule has 4 rings (SSSR count). The Labute approximate surface area is 201 Å². The van der Waals surface area contributed by atoms with Crippen LogP contribution in [-0.4, -0.2) is 31.7 Å². The Kier molecular flexibility index (Phi) is 6.69. The zero-order valence-electron chi connectivity index (χ0n) is 19.5. The van der Waals surface area contributed by atoms with E-state index >= 15 is 0 Å². The highest BCUT2D eigenvalue weighted by Crippen LogP contribution is 2.38. The fourth-order valence-corrected chi connectivity index (χ4v) is 4.32. The highest BCUT2D eigenvalue weighted by Gasteiger charge is 2.35. The summed E-state index contributed by atoms with van der Waals surface area (Å²) in [7, 11) is 0. The van der Waals surface area contributed by atoms with Crippen LogP contribution in [0.5, 0.6) is 0 Å². The van der Waals surface area contributed by atoms with E-state index in [2.05, 4.69) is 5.10 Å². The van der Waals surface area contributed by atoms with E-state index in [1.54, 1.807) is 18.7 Å². The third-order valence-electron chi connectivity index (χ3n) is 6.18. The average Bonchev–Trinajstić information content (AvgIpc) is 3.60. The van der Waals surface area contributed by atoms with E-state index in [4.69, 9.17) is 0 Å². The molecule has 0 unspecified atom stereocenters. The minimum atomic E-state index is -4.55. The molecule has 1 aromatic heterocycles. The van der Waals surface area contributed by atoms with Gasteiger partial charge in [-0.15, -0.1) is 0 Å². The van der Waals surface area contributed by atoms with Gasteiger partial charge in [-0.05, 0) is 55.5 Å². The van der Waals surface area contributed by atoms with Crippen molar-refractivity contribution in [3.05, 3.63) is 76.6 Å². The molecule has 184 valence electrons. The lowest BCUT2D eigenvalue weighted by atomic mass is 9.95. The molecule has 1 aliphatic rings. The summed E-state index contributed by atoms with van der Waals surface area (Å²) in [4.78, 5) is 26.0. The molecular formula is C26H26F3N3O3. The van der Waals surface area contributed by atoms with Crippen LogP contribution >= 0.6 is 0 Å². The van der Waals surface area contributed by atoms with Crippen LogP contribution in [0.15, 0.2) is 48.5 Å². The van der Waals surface area contributed by atoms with Gasteiger partial charge in [0.1, 0.15) is 6.54 Å². The first-order chi connectivity index (χ1) is 16.5. The lowest BCUT2D eigenvalue weighted by Gasteiger charge is -2.25. The number of halogens is 3. The van der Waals surface area contributed by atoms with Crippen molar-refractivity contribution in [1.82, 2.24) is 14.7 Å². The quantitative estimate of drug-likeness (QED) is 0.475. The molecule has 0 atom stereocenters. The molecule has 1 fully saturated rings. The Morgan fingerprint density at radius 2 is 1.77 bits per heavy atom. The number of aliphatic carboxylic acids is 1. The van der Waals surface area contributed by atoms with Gasteiger partial charge in [0.05, 0.1) is 11.3 Å². The lowest BCUT2D eigenvalue weighted by Crippen LogP contribution is -2.31. The number of hydrogen-bond acceptors (Lipinski definition) is 3. The summed E-state index contributed by atoms with van der Waals surface area (Å²) in [6.45, 7) is 3.30. The predicted octanol–water partition coefficient (Wildman–Crippen LogP) is 5.21. The van der Waals surface area contributed by atoms with Crippen LogP contribution in [0.2, 0.25) is 0 Å². The summed E-state index contributed by atoms with van der Waals surface area (Å²) in [6.07, 6.45) is -2.99. The van der Waals surface area contributed by atoms with Gasteiger partial charge in [0.25, 0.3) is 0 Å². The Morgan fingerprint density at radius 3 is 2.37 bits per heavy atom. The van der Waals surface area contributed by atoms with Crippen molar-refractivity contribution >= 4 is 11.9 Å². The maximum absolute atomic E-state index is 13.6. The van der Waals surface area contributed by atoms with Crippen molar-refractivity contribution in [3.63, 3.8) is 0 Å². The van der Waals surface area contributed by atoms with Gasteiger partial charge < -0.3 is 10.0 Å². The summed E-state index contributed by atoms with van der Waals surface area (Å²) in [6, 6.07) is 12.8. The molecule has 0 bridgehead atoms. The van der Waals surface area contributed by atoms with Crippen molar-refractivity contribution in [3.8, 4) is 11.1 Å². The molecule has 2 aromatic carbocycles. The molecule has 0 saturated heterocycles. The third kappa shape index (κ3) is 5.55. The summed E-state index contributed by atoms with van der Waals surface area (Å²) < 4.78 is 42.2. The zero-order chi connectivity index (χ0) is 25.3. The Balaban J connectivity index is 1.79. The average molecular weight is 486 g/mol. The molecule has 6 nitrogen and oxygen atoms in total. The van der Waals surface area contributed by atoms with E-state index in [0.29, 0.717) is 28.1 Å². The number of carboxylic acids is 1. The second-order valence-electron chi connectivity index (χ2n) is 8.92. The van der Waals surface area contributed by atoms with Gasteiger partial charge in [-0.2, -0.15) is 18.3 Å². The molecule has 35 heavy (non-hydrogen) atoms. The summed E-state index contributed by atoms with van der Waals surface area (Å²) >= 11 is 0. The fourth-order valence-electron chi connectivity index (χ4n) is 4.32. The van der Waals surface area contributed by atoms with Crippen LogP contribution in [0, 0.1) is 19.8 Å². The Bertz CT molecular complexity index is 1250. The summed E-state index contributed by atoms with van der Waals surface area (Å²) in [5, 5.41) is 13.5. The number of carboxylic acid groups (broad SMARTS) is 1. The Hall–Kier alpha value is -3.62. The number of nitrogens with zero attached hydrogens (tertiary/aromatic N) is 3. The number of benzene rings is 2. The SMILES string of the molecule is Cc1nn(CC(=O)O)c(C)c1-c1ccc(C(F)(F)F)cc1CN(Cc1ccccc1)C(=O)C1CC1.